The standard InChI is InChI=1S/C26H30N6O3/c1-30(2)11-5-6-23(33)31-12-9-19(17-31)26-29-22(24-25(27)28-10-13-32(24)26)8-7-18-14-20(34-3)16-21(15-18)35-4/h5-6,10,13-16,19H,9,11-12,17H2,1-4H3,(H2,27,28)/b6-5+. The van der Waals surface area contributed by atoms with Crippen LogP contribution in [0, 0.1) is 11.8 Å². The van der Waals surface area contributed by atoms with Crippen LogP contribution in [-0.4, -0.2) is 78.0 Å². The third-order valence-electron chi connectivity index (χ3n) is 5.88. The second-order valence-electron chi connectivity index (χ2n) is 8.64. The van der Waals surface area contributed by atoms with Gasteiger partial charge in [-0.05, 0) is 38.6 Å². The molecule has 1 aliphatic rings. The largest absolute Gasteiger partial charge is 0.497 e. The average Bonchev–Trinajstić information content (AvgIpc) is 3.48. The lowest BCUT2D eigenvalue weighted by Gasteiger charge is -2.14. The fourth-order valence-corrected chi connectivity index (χ4v) is 4.11. The van der Waals surface area contributed by atoms with Gasteiger partial charge in [0.05, 0.1) is 14.2 Å². The SMILES string of the molecule is COc1cc(C#Cc2nc(C3CCN(C(=O)/C=C/CN(C)C)C3)n3ccnc(N)c23)cc(OC)c1. The molecule has 0 saturated carbocycles. The summed E-state index contributed by atoms with van der Waals surface area (Å²) in [5, 5.41) is 0. The van der Waals surface area contributed by atoms with Gasteiger partial charge in [-0.25, -0.2) is 9.97 Å². The number of hydrogen-bond donors (Lipinski definition) is 1. The van der Waals surface area contributed by atoms with Gasteiger partial charge in [0.15, 0.2) is 5.82 Å². The maximum absolute atomic E-state index is 12.6. The van der Waals surface area contributed by atoms with Gasteiger partial charge in [0.2, 0.25) is 5.91 Å². The predicted octanol–water partition coefficient (Wildman–Crippen LogP) is 2.16. The smallest absolute Gasteiger partial charge is 0.246 e. The van der Waals surface area contributed by atoms with Gasteiger partial charge >= 0.3 is 0 Å². The number of amides is 1. The van der Waals surface area contributed by atoms with Gasteiger partial charge in [0.1, 0.15) is 28.5 Å². The normalized spacial score (nSPS) is 15.6. The number of fused-ring (bicyclic) bond motifs is 1. The minimum atomic E-state index is 0.0170. The van der Waals surface area contributed by atoms with E-state index in [1.165, 1.54) is 0 Å². The van der Waals surface area contributed by atoms with Gasteiger partial charge in [-0.2, -0.15) is 0 Å². The van der Waals surface area contributed by atoms with E-state index >= 15 is 0 Å². The van der Waals surface area contributed by atoms with Gasteiger partial charge < -0.3 is 25.0 Å². The maximum Gasteiger partial charge on any atom is 0.246 e. The molecule has 3 heterocycles. The highest BCUT2D eigenvalue weighted by atomic mass is 16.5. The molecule has 9 heteroatoms. The van der Waals surface area contributed by atoms with Crippen LogP contribution in [0.3, 0.4) is 0 Å². The van der Waals surface area contributed by atoms with E-state index in [1.807, 2.05) is 52.7 Å². The number of carbonyl (C=O) groups is 1. The summed E-state index contributed by atoms with van der Waals surface area (Å²) in [7, 11) is 7.13. The highest BCUT2D eigenvalue weighted by molar-refractivity contribution is 5.87. The number of hydrogen-bond acceptors (Lipinski definition) is 7. The van der Waals surface area contributed by atoms with Crippen LogP contribution in [-0.2, 0) is 4.79 Å². The summed E-state index contributed by atoms with van der Waals surface area (Å²) in [6.45, 7) is 1.99. The van der Waals surface area contributed by atoms with Crippen molar-refractivity contribution < 1.29 is 14.3 Å². The molecule has 3 aromatic rings. The van der Waals surface area contributed by atoms with E-state index in [1.54, 1.807) is 32.6 Å². The Hall–Kier alpha value is -4.03. The van der Waals surface area contributed by atoms with Crippen LogP contribution in [0.1, 0.15) is 29.4 Å². The summed E-state index contributed by atoms with van der Waals surface area (Å²) in [5.74, 6) is 8.88. The summed E-state index contributed by atoms with van der Waals surface area (Å²) in [4.78, 5) is 25.6. The van der Waals surface area contributed by atoms with Crippen molar-refractivity contribution in [3.05, 3.63) is 59.8 Å². The second kappa shape index (κ2) is 10.5. The number of rotatable bonds is 6. The Morgan fingerprint density at radius 3 is 2.66 bits per heavy atom. The molecule has 1 saturated heterocycles. The van der Waals surface area contributed by atoms with Gasteiger partial charge in [0, 0.05) is 55.7 Å². The van der Waals surface area contributed by atoms with Crippen LogP contribution in [0.2, 0.25) is 0 Å². The Balaban J connectivity index is 1.63. The summed E-state index contributed by atoms with van der Waals surface area (Å²) in [6.07, 6.45) is 7.84. The second-order valence-corrected chi connectivity index (χ2v) is 8.64. The molecule has 4 rings (SSSR count). The van der Waals surface area contributed by atoms with Crippen molar-refractivity contribution in [1.29, 1.82) is 0 Å². The van der Waals surface area contributed by atoms with Crippen LogP contribution in [0.4, 0.5) is 5.82 Å². The third kappa shape index (κ3) is 5.39. The van der Waals surface area contributed by atoms with E-state index in [-0.39, 0.29) is 11.8 Å². The van der Waals surface area contributed by atoms with E-state index in [4.69, 9.17) is 20.2 Å². The molecule has 0 spiro atoms. The highest BCUT2D eigenvalue weighted by Gasteiger charge is 2.30. The summed E-state index contributed by atoms with van der Waals surface area (Å²) < 4.78 is 12.6. The molecule has 182 valence electrons. The zero-order valence-corrected chi connectivity index (χ0v) is 20.5. The third-order valence-corrected chi connectivity index (χ3v) is 5.88. The molecule has 35 heavy (non-hydrogen) atoms. The summed E-state index contributed by atoms with van der Waals surface area (Å²) >= 11 is 0. The number of nitrogens with zero attached hydrogens (tertiary/aromatic N) is 5. The molecule has 1 atom stereocenters. The Bertz CT molecular complexity index is 1300. The molecule has 1 aliphatic heterocycles. The Morgan fingerprint density at radius 1 is 1.23 bits per heavy atom. The summed E-state index contributed by atoms with van der Waals surface area (Å²) in [6, 6.07) is 5.46. The molecule has 1 fully saturated rings. The zero-order valence-electron chi connectivity index (χ0n) is 20.5. The quantitative estimate of drug-likeness (QED) is 0.432. The molecule has 2 aromatic heterocycles. The Kier molecular flexibility index (Phi) is 7.22. The van der Waals surface area contributed by atoms with E-state index in [2.05, 4.69) is 16.8 Å². The number of nitrogen functional groups attached to an aromatic ring is 1. The lowest BCUT2D eigenvalue weighted by atomic mass is 10.1. The number of ether oxygens (including phenoxy) is 2. The molecule has 2 N–H and O–H groups in total. The number of methoxy groups -OCH3 is 2. The molecule has 9 nitrogen and oxygen atoms in total. The number of likely N-dealkylation sites (N-methyl/N-ethyl adjacent to an activating group) is 1. The molecule has 1 amide bonds. The van der Waals surface area contributed by atoms with E-state index in [9.17, 15) is 4.79 Å². The molecule has 1 unspecified atom stereocenters. The molecule has 0 bridgehead atoms. The van der Waals surface area contributed by atoms with Gasteiger partial charge in [-0.3, -0.25) is 9.20 Å². The van der Waals surface area contributed by atoms with Crippen LogP contribution >= 0.6 is 0 Å². The molecular formula is C26H30N6O3. The predicted molar refractivity (Wildman–Crippen MR) is 135 cm³/mol. The molecule has 0 radical (unpaired) electrons. The molecule has 0 aliphatic carbocycles. The van der Waals surface area contributed by atoms with Gasteiger partial charge in [-0.15, -0.1) is 0 Å². The molecular weight excluding hydrogens is 444 g/mol. The minimum absolute atomic E-state index is 0.0170. The van der Waals surface area contributed by atoms with Crippen LogP contribution in [0.15, 0.2) is 42.7 Å². The highest BCUT2D eigenvalue weighted by Crippen LogP contribution is 2.30. The van der Waals surface area contributed by atoms with E-state index in [0.29, 0.717) is 41.6 Å². The van der Waals surface area contributed by atoms with Crippen LogP contribution in [0.25, 0.3) is 5.52 Å². The Morgan fingerprint density at radius 2 is 1.97 bits per heavy atom. The van der Waals surface area contributed by atoms with Crippen molar-refractivity contribution in [2.75, 3.05) is 53.7 Å². The van der Waals surface area contributed by atoms with Crippen molar-refractivity contribution >= 4 is 17.2 Å². The van der Waals surface area contributed by atoms with E-state index < -0.39 is 0 Å². The van der Waals surface area contributed by atoms with Crippen molar-refractivity contribution in [1.82, 2.24) is 24.2 Å². The van der Waals surface area contributed by atoms with Crippen molar-refractivity contribution in [3.8, 4) is 23.3 Å². The topological polar surface area (TPSA) is 98.2 Å². The maximum atomic E-state index is 12.6. The lowest BCUT2D eigenvalue weighted by molar-refractivity contribution is -0.125. The molecule has 1 aromatic carbocycles. The lowest BCUT2D eigenvalue weighted by Crippen LogP contribution is -2.27. The first-order valence-corrected chi connectivity index (χ1v) is 11.4. The monoisotopic (exact) mass is 474 g/mol. The average molecular weight is 475 g/mol. The first-order chi connectivity index (χ1) is 16.9. The minimum Gasteiger partial charge on any atom is -0.497 e. The van der Waals surface area contributed by atoms with Gasteiger partial charge in [0.25, 0.3) is 0 Å². The van der Waals surface area contributed by atoms with Crippen molar-refractivity contribution in [3.63, 3.8) is 0 Å². The number of imidazole rings is 1. The number of carbonyl (C=O) groups excluding carboxylic acids is 1. The Labute approximate surface area is 205 Å². The zero-order chi connectivity index (χ0) is 24.9. The van der Waals surface area contributed by atoms with Gasteiger partial charge in [-0.1, -0.05) is 12.0 Å². The fourth-order valence-electron chi connectivity index (χ4n) is 4.11. The number of nitrogens with two attached hydrogens (primary N) is 1. The van der Waals surface area contributed by atoms with Crippen LogP contribution in [0.5, 0.6) is 11.5 Å². The van der Waals surface area contributed by atoms with Crippen molar-refractivity contribution in [2.45, 2.75) is 12.3 Å². The first-order valence-electron chi connectivity index (χ1n) is 11.4. The van der Waals surface area contributed by atoms with Crippen molar-refractivity contribution in [2.24, 2.45) is 0 Å². The van der Waals surface area contributed by atoms with E-state index in [0.717, 1.165) is 24.4 Å². The fraction of sp³-hybridized carbons (Fsp3) is 0.346. The number of likely N-dealkylation sites (tertiary alicyclic amines) is 1. The van der Waals surface area contributed by atoms with Crippen LogP contribution < -0.4 is 15.2 Å². The number of anilines is 1. The summed E-state index contributed by atoms with van der Waals surface area (Å²) in [5.41, 5.74) is 8.17. The first kappa shape index (κ1) is 24.1. The number of aromatic nitrogens is 3. The number of benzene rings is 1.